The Kier molecular flexibility index (Phi) is 6.01. The van der Waals surface area contributed by atoms with E-state index < -0.39 is 5.79 Å². The van der Waals surface area contributed by atoms with Crippen LogP contribution in [0, 0.1) is 0 Å². The Morgan fingerprint density at radius 1 is 1.00 bits per heavy atom. The number of anilines is 1. The normalized spacial score (nSPS) is 11.2. The minimum Gasteiger partial charge on any atom is -0.346 e. The number of aromatic nitrogens is 1. The second-order valence-corrected chi connectivity index (χ2v) is 6.69. The molecule has 3 rings (SSSR count). The van der Waals surface area contributed by atoms with E-state index >= 15 is 0 Å². The number of carbonyl (C=O) groups excluding carboxylic acids is 1. The lowest BCUT2D eigenvalue weighted by Gasteiger charge is -2.33. The van der Waals surface area contributed by atoms with Crippen molar-refractivity contribution in [1.29, 1.82) is 0 Å². The number of hydrogen-bond donors (Lipinski definition) is 1. The summed E-state index contributed by atoms with van der Waals surface area (Å²) in [4.78, 5) is 16.6. The fraction of sp³-hybridized carbons (Fsp3) is 0.143. The molecule has 0 saturated heterocycles. The number of amides is 1. The van der Waals surface area contributed by atoms with Crippen molar-refractivity contribution in [2.24, 2.45) is 0 Å². The van der Waals surface area contributed by atoms with Crippen molar-refractivity contribution < 1.29 is 14.3 Å². The van der Waals surface area contributed by atoms with Gasteiger partial charge in [-0.05, 0) is 30.3 Å². The average molecular weight is 427 g/mol. The molecule has 3 aromatic rings. The molecule has 0 atom stereocenters. The molecule has 0 unspecified atom stereocenters. The third kappa shape index (κ3) is 3.93. The lowest BCUT2D eigenvalue weighted by atomic mass is 9.95. The Morgan fingerprint density at radius 2 is 1.67 bits per heavy atom. The summed E-state index contributed by atoms with van der Waals surface area (Å²) < 4.78 is 12.5. The van der Waals surface area contributed by atoms with E-state index in [0.717, 1.165) is 10.0 Å². The van der Waals surface area contributed by atoms with Gasteiger partial charge in [0.2, 0.25) is 5.79 Å². The van der Waals surface area contributed by atoms with Gasteiger partial charge in [0.1, 0.15) is 0 Å². The van der Waals surface area contributed by atoms with E-state index in [1.165, 1.54) is 0 Å². The summed E-state index contributed by atoms with van der Waals surface area (Å²) in [5.41, 5.74) is 2.59. The first-order valence-electron chi connectivity index (χ1n) is 8.28. The van der Waals surface area contributed by atoms with Crippen LogP contribution in [0.1, 0.15) is 21.5 Å². The SMILES string of the molecule is COC(OC)(c1ccccc1)c1cc(Br)ccc1NC(=O)c1ccncc1. The van der Waals surface area contributed by atoms with Crippen molar-refractivity contribution in [3.8, 4) is 0 Å². The van der Waals surface area contributed by atoms with Crippen LogP contribution >= 0.6 is 15.9 Å². The molecule has 5 nitrogen and oxygen atoms in total. The molecule has 0 aliphatic carbocycles. The minimum absolute atomic E-state index is 0.241. The van der Waals surface area contributed by atoms with E-state index in [1.54, 1.807) is 38.7 Å². The van der Waals surface area contributed by atoms with Crippen molar-refractivity contribution in [3.63, 3.8) is 0 Å². The predicted molar refractivity (Wildman–Crippen MR) is 108 cm³/mol. The van der Waals surface area contributed by atoms with Crippen molar-refractivity contribution in [2.45, 2.75) is 5.79 Å². The second-order valence-electron chi connectivity index (χ2n) is 5.77. The number of benzene rings is 2. The van der Waals surface area contributed by atoms with Crippen LogP contribution in [-0.4, -0.2) is 25.1 Å². The number of methoxy groups -OCH3 is 2. The molecule has 6 heteroatoms. The summed E-state index contributed by atoms with van der Waals surface area (Å²) in [6.07, 6.45) is 3.16. The molecule has 1 N–H and O–H groups in total. The highest BCUT2D eigenvalue weighted by atomic mass is 79.9. The number of ether oxygens (including phenoxy) is 2. The summed E-state index contributed by atoms with van der Waals surface area (Å²) >= 11 is 3.50. The number of carbonyl (C=O) groups is 1. The van der Waals surface area contributed by atoms with Gasteiger partial charge in [-0.15, -0.1) is 0 Å². The van der Waals surface area contributed by atoms with Gasteiger partial charge in [-0.2, -0.15) is 0 Å². The first kappa shape index (κ1) is 19.2. The Balaban J connectivity index is 2.09. The third-order valence-electron chi connectivity index (χ3n) is 4.26. The largest absolute Gasteiger partial charge is 0.346 e. The first-order valence-corrected chi connectivity index (χ1v) is 9.07. The maximum absolute atomic E-state index is 12.7. The van der Waals surface area contributed by atoms with Gasteiger partial charge >= 0.3 is 0 Å². The van der Waals surface area contributed by atoms with Crippen LogP contribution in [0.4, 0.5) is 5.69 Å². The molecular formula is C21H19BrN2O3. The van der Waals surface area contributed by atoms with Crippen LogP contribution in [0.3, 0.4) is 0 Å². The van der Waals surface area contributed by atoms with Crippen molar-refractivity contribution in [1.82, 2.24) is 4.98 Å². The van der Waals surface area contributed by atoms with Gasteiger partial charge in [0.25, 0.3) is 5.91 Å². The van der Waals surface area contributed by atoms with E-state index in [2.05, 4.69) is 26.2 Å². The standard InChI is InChI=1S/C21H19BrN2O3/c1-26-21(27-2,16-6-4-3-5-7-16)18-14-17(22)8-9-19(18)24-20(25)15-10-12-23-13-11-15/h3-14H,1-2H3,(H,24,25). The van der Waals surface area contributed by atoms with Gasteiger partial charge < -0.3 is 14.8 Å². The molecule has 2 aromatic carbocycles. The first-order chi connectivity index (χ1) is 13.1. The molecule has 1 amide bonds. The minimum atomic E-state index is -1.17. The molecule has 0 radical (unpaired) electrons. The zero-order chi connectivity index (χ0) is 19.3. The molecule has 0 fully saturated rings. The molecule has 0 aliphatic heterocycles. The molecule has 1 aromatic heterocycles. The molecule has 27 heavy (non-hydrogen) atoms. The van der Waals surface area contributed by atoms with E-state index in [9.17, 15) is 4.79 Å². The summed E-state index contributed by atoms with van der Waals surface area (Å²) in [5.74, 6) is -1.42. The molecule has 0 spiro atoms. The highest BCUT2D eigenvalue weighted by molar-refractivity contribution is 9.10. The Hall–Kier alpha value is -2.54. The fourth-order valence-corrected chi connectivity index (χ4v) is 3.31. The number of hydrogen-bond acceptors (Lipinski definition) is 4. The van der Waals surface area contributed by atoms with Crippen molar-refractivity contribution in [3.05, 3.63) is 94.2 Å². The van der Waals surface area contributed by atoms with Crippen LogP contribution in [0.2, 0.25) is 0 Å². The lowest BCUT2D eigenvalue weighted by Crippen LogP contribution is -2.33. The molecule has 138 valence electrons. The summed E-state index contributed by atoms with van der Waals surface area (Å²) in [5, 5.41) is 2.95. The van der Waals surface area contributed by atoms with E-state index in [0.29, 0.717) is 16.8 Å². The van der Waals surface area contributed by atoms with Crippen molar-refractivity contribution >= 4 is 27.5 Å². The Morgan fingerprint density at radius 3 is 2.30 bits per heavy atom. The van der Waals surface area contributed by atoms with Crippen LogP contribution in [0.5, 0.6) is 0 Å². The van der Waals surface area contributed by atoms with Gasteiger partial charge in [-0.3, -0.25) is 9.78 Å². The smallest absolute Gasteiger partial charge is 0.255 e. The molecule has 0 bridgehead atoms. The highest BCUT2D eigenvalue weighted by Gasteiger charge is 2.37. The van der Waals surface area contributed by atoms with Gasteiger partial charge in [-0.1, -0.05) is 46.3 Å². The number of nitrogens with zero attached hydrogens (tertiary/aromatic N) is 1. The molecular weight excluding hydrogens is 408 g/mol. The van der Waals surface area contributed by atoms with Gasteiger partial charge in [0.05, 0.1) is 5.69 Å². The van der Waals surface area contributed by atoms with E-state index in [1.807, 2.05) is 48.5 Å². The van der Waals surface area contributed by atoms with Gasteiger partial charge in [0.15, 0.2) is 0 Å². The topological polar surface area (TPSA) is 60.5 Å². The van der Waals surface area contributed by atoms with Gasteiger partial charge in [-0.25, -0.2) is 0 Å². The lowest BCUT2D eigenvalue weighted by molar-refractivity contribution is -0.183. The van der Waals surface area contributed by atoms with E-state index in [-0.39, 0.29) is 5.91 Å². The monoisotopic (exact) mass is 426 g/mol. The molecule has 0 aliphatic rings. The zero-order valence-corrected chi connectivity index (χ0v) is 16.6. The zero-order valence-electron chi connectivity index (χ0n) is 15.0. The number of rotatable bonds is 6. The number of halogens is 1. The fourth-order valence-electron chi connectivity index (χ4n) is 2.95. The number of nitrogens with one attached hydrogen (secondary N) is 1. The molecule has 0 saturated carbocycles. The van der Waals surface area contributed by atoms with Crippen LogP contribution in [-0.2, 0) is 15.3 Å². The van der Waals surface area contributed by atoms with Crippen LogP contribution in [0.15, 0.2) is 77.5 Å². The quantitative estimate of drug-likeness (QED) is 0.585. The predicted octanol–water partition coefficient (Wildman–Crippen LogP) is 4.59. The maximum Gasteiger partial charge on any atom is 0.255 e. The van der Waals surface area contributed by atoms with Crippen molar-refractivity contribution in [2.75, 3.05) is 19.5 Å². The number of pyridine rings is 1. The second kappa shape index (κ2) is 8.43. The Labute approximate surface area is 166 Å². The van der Waals surface area contributed by atoms with Crippen LogP contribution in [0.25, 0.3) is 0 Å². The van der Waals surface area contributed by atoms with Gasteiger partial charge in [0, 0.05) is 47.8 Å². The average Bonchev–Trinajstić information content (AvgIpc) is 2.72. The maximum atomic E-state index is 12.7. The third-order valence-corrected chi connectivity index (χ3v) is 4.75. The summed E-state index contributed by atoms with van der Waals surface area (Å²) in [7, 11) is 3.15. The summed E-state index contributed by atoms with van der Waals surface area (Å²) in [6, 6.07) is 18.4. The highest BCUT2D eigenvalue weighted by Crippen LogP contribution is 2.39. The Bertz CT molecular complexity index is 913. The molecule has 1 heterocycles. The summed E-state index contributed by atoms with van der Waals surface area (Å²) in [6.45, 7) is 0. The van der Waals surface area contributed by atoms with Crippen LogP contribution < -0.4 is 5.32 Å². The van der Waals surface area contributed by atoms with E-state index in [4.69, 9.17) is 9.47 Å².